The standard InChI is InChI=1S/C30H32N2O2.C3H4N2.H2O/c1-24-22-32(23-31-24)30(26-14-7-5-8-15-26,27-17-19-28(34-2)20-18-27)29-16-10-9-13-25(29)12-6-3-4-11-21-33;1-2-5-3-4-1;/h5,7-10,13-23H,3-4,6,11-12H2,1-2H3;1-3H,(H,4,5);1H2. The van der Waals surface area contributed by atoms with Crippen molar-refractivity contribution in [2.24, 2.45) is 0 Å². The van der Waals surface area contributed by atoms with Crippen molar-refractivity contribution in [1.82, 2.24) is 19.5 Å². The molecule has 3 N–H and O–H groups in total. The number of aryl methyl sites for hydroxylation is 2. The zero-order valence-corrected chi connectivity index (χ0v) is 23.2. The van der Waals surface area contributed by atoms with Gasteiger partial charge in [-0.2, -0.15) is 0 Å². The van der Waals surface area contributed by atoms with E-state index < -0.39 is 5.54 Å². The van der Waals surface area contributed by atoms with E-state index in [1.165, 1.54) is 16.7 Å². The van der Waals surface area contributed by atoms with Gasteiger partial charge in [-0.1, -0.05) is 73.2 Å². The molecule has 1 atom stereocenters. The summed E-state index contributed by atoms with van der Waals surface area (Å²) in [5.74, 6) is 0.830. The normalized spacial score (nSPS) is 11.8. The molecule has 0 fully saturated rings. The molecule has 0 aliphatic rings. The van der Waals surface area contributed by atoms with E-state index in [9.17, 15) is 4.79 Å². The molecule has 0 amide bonds. The first-order chi connectivity index (χ1) is 19.2. The summed E-state index contributed by atoms with van der Waals surface area (Å²) in [6, 6.07) is 27.7. The zero-order chi connectivity index (χ0) is 27.3. The van der Waals surface area contributed by atoms with Gasteiger partial charge < -0.3 is 24.6 Å². The van der Waals surface area contributed by atoms with Crippen molar-refractivity contribution in [3.63, 3.8) is 0 Å². The van der Waals surface area contributed by atoms with Gasteiger partial charge in [-0.3, -0.25) is 0 Å². The number of aromatic nitrogens is 4. The molecule has 40 heavy (non-hydrogen) atoms. The Balaban J connectivity index is 0.000000662. The Morgan fingerprint density at radius 1 is 0.925 bits per heavy atom. The summed E-state index contributed by atoms with van der Waals surface area (Å²) in [5.41, 5.74) is 5.24. The first kappa shape index (κ1) is 30.1. The van der Waals surface area contributed by atoms with Crippen LogP contribution in [0.5, 0.6) is 5.75 Å². The third-order valence-corrected chi connectivity index (χ3v) is 6.88. The van der Waals surface area contributed by atoms with Gasteiger partial charge in [-0.25, -0.2) is 9.97 Å². The van der Waals surface area contributed by atoms with Crippen LogP contribution in [0.25, 0.3) is 0 Å². The smallest absolute Gasteiger partial charge is 0.121 e. The summed E-state index contributed by atoms with van der Waals surface area (Å²) in [5, 5.41) is 0. The lowest BCUT2D eigenvalue weighted by atomic mass is 9.74. The van der Waals surface area contributed by atoms with Crippen LogP contribution in [0.3, 0.4) is 0 Å². The quantitative estimate of drug-likeness (QED) is 0.128. The van der Waals surface area contributed by atoms with Crippen LogP contribution >= 0.6 is 0 Å². The Hall–Kier alpha value is -4.49. The minimum atomic E-state index is -0.589. The van der Waals surface area contributed by atoms with Gasteiger partial charge in [-0.15, -0.1) is 0 Å². The summed E-state index contributed by atoms with van der Waals surface area (Å²) in [6.07, 6.45) is 14.8. The number of aromatic amines is 1. The van der Waals surface area contributed by atoms with E-state index in [1.54, 1.807) is 25.8 Å². The summed E-state index contributed by atoms with van der Waals surface area (Å²) in [7, 11) is 1.69. The second-order valence-corrected chi connectivity index (χ2v) is 9.41. The number of nitrogens with zero attached hydrogens (tertiary/aromatic N) is 3. The number of aldehydes is 1. The van der Waals surface area contributed by atoms with Gasteiger partial charge in [-0.05, 0) is 60.6 Å². The molecule has 5 aromatic rings. The van der Waals surface area contributed by atoms with E-state index in [1.807, 2.05) is 25.4 Å². The van der Waals surface area contributed by atoms with Gasteiger partial charge >= 0.3 is 0 Å². The first-order valence-corrected chi connectivity index (χ1v) is 13.4. The summed E-state index contributed by atoms with van der Waals surface area (Å²) < 4.78 is 7.71. The summed E-state index contributed by atoms with van der Waals surface area (Å²) in [4.78, 5) is 21.8. The van der Waals surface area contributed by atoms with Gasteiger partial charge in [0.1, 0.15) is 17.6 Å². The van der Waals surface area contributed by atoms with Crippen molar-refractivity contribution >= 4 is 6.29 Å². The maximum atomic E-state index is 10.7. The van der Waals surface area contributed by atoms with Crippen LogP contribution in [0, 0.1) is 6.92 Å². The van der Waals surface area contributed by atoms with Crippen LogP contribution in [0.4, 0.5) is 0 Å². The molecule has 1 unspecified atom stereocenters. The number of hydrogen-bond acceptors (Lipinski definition) is 4. The Labute approximate surface area is 236 Å². The minimum absolute atomic E-state index is 0. The number of nitrogens with one attached hydrogen (secondary N) is 1. The van der Waals surface area contributed by atoms with Crippen molar-refractivity contribution in [3.8, 4) is 5.75 Å². The average molecular weight is 539 g/mol. The molecular weight excluding hydrogens is 500 g/mol. The number of H-pyrrole nitrogens is 1. The van der Waals surface area contributed by atoms with Crippen LogP contribution in [0.2, 0.25) is 0 Å². The number of carbonyl (C=O) groups is 1. The van der Waals surface area contributed by atoms with E-state index in [-0.39, 0.29) is 5.48 Å². The number of rotatable bonds is 11. The zero-order valence-electron chi connectivity index (χ0n) is 23.2. The number of methoxy groups -OCH3 is 1. The van der Waals surface area contributed by atoms with E-state index in [2.05, 4.69) is 92.4 Å². The number of benzene rings is 3. The number of hydrogen-bond donors (Lipinski definition) is 1. The van der Waals surface area contributed by atoms with Crippen molar-refractivity contribution in [1.29, 1.82) is 0 Å². The predicted molar refractivity (Wildman–Crippen MR) is 159 cm³/mol. The molecule has 0 bridgehead atoms. The van der Waals surface area contributed by atoms with Gasteiger partial charge in [0, 0.05) is 25.0 Å². The van der Waals surface area contributed by atoms with E-state index in [4.69, 9.17) is 4.74 Å². The lowest BCUT2D eigenvalue weighted by molar-refractivity contribution is -0.107. The molecule has 0 saturated heterocycles. The van der Waals surface area contributed by atoms with Crippen LogP contribution < -0.4 is 4.74 Å². The molecule has 0 spiro atoms. The third-order valence-electron chi connectivity index (χ3n) is 6.88. The van der Waals surface area contributed by atoms with Gasteiger partial charge in [0.05, 0.1) is 25.5 Å². The first-order valence-electron chi connectivity index (χ1n) is 13.4. The summed E-state index contributed by atoms with van der Waals surface area (Å²) >= 11 is 0. The highest BCUT2D eigenvalue weighted by Gasteiger charge is 2.39. The Morgan fingerprint density at radius 2 is 1.65 bits per heavy atom. The minimum Gasteiger partial charge on any atom is -0.497 e. The van der Waals surface area contributed by atoms with Crippen molar-refractivity contribution in [3.05, 3.63) is 138 Å². The molecule has 0 saturated carbocycles. The summed E-state index contributed by atoms with van der Waals surface area (Å²) in [6.45, 7) is 2.03. The molecule has 208 valence electrons. The van der Waals surface area contributed by atoms with Gasteiger partial charge in [0.25, 0.3) is 0 Å². The van der Waals surface area contributed by atoms with Gasteiger partial charge in [0.15, 0.2) is 0 Å². The number of ether oxygens (including phenoxy) is 1. The SMILES string of the molecule is COc1ccc(C(c2ccccc2)(c2ccccc2CCCCCC=O)n2cnc(C)c2)cc1.O.c1c[nH]cn1. The van der Waals surface area contributed by atoms with Crippen molar-refractivity contribution < 1.29 is 15.0 Å². The molecule has 3 aromatic carbocycles. The highest BCUT2D eigenvalue weighted by Crippen LogP contribution is 2.43. The second-order valence-electron chi connectivity index (χ2n) is 9.41. The molecule has 7 heteroatoms. The average Bonchev–Trinajstić information content (AvgIpc) is 3.71. The van der Waals surface area contributed by atoms with Crippen LogP contribution in [0.1, 0.15) is 53.6 Å². The molecule has 0 aliphatic carbocycles. The van der Waals surface area contributed by atoms with E-state index in [0.29, 0.717) is 6.42 Å². The lowest BCUT2D eigenvalue weighted by Gasteiger charge is -2.39. The Bertz CT molecular complexity index is 1380. The predicted octanol–water partition coefficient (Wildman–Crippen LogP) is 5.93. The van der Waals surface area contributed by atoms with Crippen LogP contribution in [-0.4, -0.2) is 38.4 Å². The molecule has 0 radical (unpaired) electrons. The topological polar surface area (TPSA) is 104 Å². The largest absolute Gasteiger partial charge is 0.497 e. The van der Waals surface area contributed by atoms with Crippen molar-refractivity contribution in [2.75, 3.05) is 7.11 Å². The highest BCUT2D eigenvalue weighted by atomic mass is 16.5. The fourth-order valence-corrected chi connectivity index (χ4v) is 5.06. The molecule has 7 nitrogen and oxygen atoms in total. The Kier molecular flexibility index (Phi) is 11.4. The fourth-order valence-electron chi connectivity index (χ4n) is 5.06. The maximum absolute atomic E-state index is 10.7. The lowest BCUT2D eigenvalue weighted by Crippen LogP contribution is -2.38. The monoisotopic (exact) mass is 538 g/mol. The van der Waals surface area contributed by atoms with Crippen molar-refractivity contribution in [2.45, 2.75) is 44.6 Å². The number of carbonyl (C=O) groups excluding carboxylic acids is 1. The number of unbranched alkanes of at least 4 members (excludes halogenated alkanes) is 3. The highest BCUT2D eigenvalue weighted by molar-refractivity contribution is 5.54. The molecule has 0 aliphatic heterocycles. The number of imidazole rings is 2. The van der Waals surface area contributed by atoms with Crippen LogP contribution in [0.15, 0.2) is 110 Å². The van der Waals surface area contributed by atoms with Crippen LogP contribution in [-0.2, 0) is 16.8 Å². The molecule has 5 rings (SSSR count). The van der Waals surface area contributed by atoms with E-state index >= 15 is 0 Å². The fraction of sp³-hybridized carbons (Fsp3) is 0.242. The second kappa shape index (κ2) is 15.2. The maximum Gasteiger partial charge on any atom is 0.121 e. The molecule has 2 aromatic heterocycles. The molecular formula is C33H38N4O3. The third kappa shape index (κ3) is 6.93. The molecule has 2 heterocycles. The Morgan fingerprint density at radius 3 is 2.25 bits per heavy atom. The van der Waals surface area contributed by atoms with E-state index in [0.717, 1.165) is 49.0 Å². The van der Waals surface area contributed by atoms with Gasteiger partial charge in [0.2, 0.25) is 0 Å².